The van der Waals surface area contributed by atoms with Crippen molar-refractivity contribution in [1.82, 2.24) is 9.97 Å². The molecule has 25 heavy (non-hydrogen) atoms. The summed E-state index contributed by atoms with van der Waals surface area (Å²) < 4.78 is 48.4. The first-order valence-corrected chi connectivity index (χ1v) is 7.18. The number of hydrogen-bond donors (Lipinski definition) is 2. The molecule has 0 spiro atoms. The highest BCUT2D eigenvalue weighted by atomic mass is 19.4. The van der Waals surface area contributed by atoms with Gasteiger partial charge in [-0.15, -0.1) is 0 Å². The zero-order valence-electron chi connectivity index (χ0n) is 12.5. The SMILES string of the molecule is O=C(Nc1ccc2nc(C(F)(F)F)[nH]c2c1)c1ccc2c(c1)OCO2. The second-order valence-electron chi connectivity index (χ2n) is 5.34. The zero-order chi connectivity index (χ0) is 17.6. The molecule has 9 heteroatoms. The Morgan fingerprint density at radius 2 is 1.92 bits per heavy atom. The van der Waals surface area contributed by atoms with Crippen LogP contribution in [0.3, 0.4) is 0 Å². The lowest BCUT2D eigenvalue weighted by Gasteiger charge is -2.06. The molecule has 0 atom stereocenters. The summed E-state index contributed by atoms with van der Waals surface area (Å²) >= 11 is 0. The monoisotopic (exact) mass is 349 g/mol. The van der Waals surface area contributed by atoms with Crippen molar-refractivity contribution >= 4 is 22.6 Å². The molecule has 0 radical (unpaired) electrons. The Morgan fingerprint density at radius 1 is 1.12 bits per heavy atom. The van der Waals surface area contributed by atoms with E-state index in [9.17, 15) is 18.0 Å². The van der Waals surface area contributed by atoms with Gasteiger partial charge >= 0.3 is 6.18 Å². The number of aromatic amines is 1. The first kappa shape index (κ1) is 15.3. The molecule has 0 unspecified atom stereocenters. The van der Waals surface area contributed by atoms with Crippen molar-refractivity contribution < 1.29 is 27.4 Å². The molecule has 0 aliphatic carbocycles. The molecular weight excluding hydrogens is 339 g/mol. The summed E-state index contributed by atoms with van der Waals surface area (Å²) in [6.45, 7) is 0.0957. The molecule has 0 saturated carbocycles. The van der Waals surface area contributed by atoms with E-state index in [0.717, 1.165) is 0 Å². The average molecular weight is 349 g/mol. The van der Waals surface area contributed by atoms with Gasteiger partial charge in [0.25, 0.3) is 5.91 Å². The summed E-state index contributed by atoms with van der Waals surface area (Å²) in [4.78, 5) is 18.0. The first-order valence-electron chi connectivity index (χ1n) is 7.18. The van der Waals surface area contributed by atoms with Gasteiger partial charge in [-0.3, -0.25) is 4.79 Å². The Kier molecular flexibility index (Phi) is 3.31. The minimum atomic E-state index is -4.56. The lowest BCUT2D eigenvalue weighted by Crippen LogP contribution is -2.11. The third-order valence-corrected chi connectivity index (χ3v) is 3.64. The Hall–Kier alpha value is -3.23. The lowest BCUT2D eigenvalue weighted by atomic mass is 10.2. The minimum Gasteiger partial charge on any atom is -0.454 e. The van der Waals surface area contributed by atoms with Crippen LogP contribution in [0.4, 0.5) is 18.9 Å². The van der Waals surface area contributed by atoms with Gasteiger partial charge in [-0.05, 0) is 36.4 Å². The maximum atomic E-state index is 12.7. The van der Waals surface area contributed by atoms with E-state index in [4.69, 9.17) is 9.47 Å². The normalized spacial score (nSPS) is 13.2. The van der Waals surface area contributed by atoms with Crippen LogP contribution in [0.25, 0.3) is 11.0 Å². The summed E-state index contributed by atoms with van der Waals surface area (Å²) in [7, 11) is 0. The van der Waals surface area contributed by atoms with Crippen molar-refractivity contribution in [3.05, 3.63) is 47.8 Å². The number of H-pyrrole nitrogens is 1. The number of benzene rings is 2. The average Bonchev–Trinajstić information content (AvgIpc) is 3.19. The summed E-state index contributed by atoms with van der Waals surface area (Å²) in [5, 5.41) is 2.63. The minimum absolute atomic E-state index is 0.0957. The number of halogens is 3. The van der Waals surface area contributed by atoms with Crippen LogP contribution in [0.5, 0.6) is 11.5 Å². The molecule has 1 aliphatic heterocycles. The summed E-state index contributed by atoms with van der Waals surface area (Å²) in [5.74, 6) is -0.489. The van der Waals surface area contributed by atoms with Crippen LogP contribution in [-0.4, -0.2) is 22.7 Å². The highest BCUT2D eigenvalue weighted by Gasteiger charge is 2.34. The van der Waals surface area contributed by atoms with Crippen molar-refractivity contribution in [2.45, 2.75) is 6.18 Å². The second-order valence-corrected chi connectivity index (χ2v) is 5.34. The molecule has 2 heterocycles. The molecule has 1 aliphatic rings. The standard InChI is InChI=1S/C16H10F3N3O3/c17-16(18,19)15-21-10-3-2-9(6-11(10)22-15)20-14(23)8-1-4-12-13(5-8)25-7-24-12/h1-6H,7H2,(H,20,23)(H,21,22). The number of anilines is 1. The quantitative estimate of drug-likeness (QED) is 0.742. The molecule has 2 aromatic carbocycles. The number of rotatable bonds is 2. The van der Waals surface area contributed by atoms with Crippen LogP contribution in [0.1, 0.15) is 16.2 Å². The van der Waals surface area contributed by atoms with Gasteiger partial charge in [-0.1, -0.05) is 0 Å². The number of carbonyl (C=O) groups is 1. The van der Waals surface area contributed by atoms with Crippen molar-refractivity contribution in [3.8, 4) is 11.5 Å². The van der Waals surface area contributed by atoms with E-state index >= 15 is 0 Å². The third-order valence-electron chi connectivity index (χ3n) is 3.64. The number of fused-ring (bicyclic) bond motifs is 2. The Labute approximate surface area is 138 Å². The summed E-state index contributed by atoms with van der Waals surface area (Å²) in [5.41, 5.74) is 1.02. The first-order chi connectivity index (χ1) is 11.9. The largest absolute Gasteiger partial charge is 0.454 e. The molecule has 0 fully saturated rings. The van der Waals surface area contributed by atoms with E-state index in [-0.39, 0.29) is 17.8 Å². The number of nitrogens with one attached hydrogen (secondary N) is 2. The number of alkyl halides is 3. The van der Waals surface area contributed by atoms with Crippen molar-refractivity contribution in [3.63, 3.8) is 0 Å². The van der Waals surface area contributed by atoms with Gasteiger partial charge in [0.2, 0.25) is 12.6 Å². The molecule has 2 N–H and O–H groups in total. The Bertz CT molecular complexity index is 982. The fourth-order valence-electron chi connectivity index (χ4n) is 2.46. The van der Waals surface area contributed by atoms with Gasteiger partial charge in [0, 0.05) is 11.3 Å². The molecular formula is C16H10F3N3O3. The van der Waals surface area contributed by atoms with E-state index in [1.165, 1.54) is 24.3 Å². The van der Waals surface area contributed by atoms with Crippen LogP contribution in [0, 0.1) is 0 Å². The fraction of sp³-hybridized carbons (Fsp3) is 0.125. The third kappa shape index (κ3) is 2.84. The Morgan fingerprint density at radius 3 is 2.72 bits per heavy atom. The maximum Gasteiger partial charge on any atom is 0.449 e. The number of hydrogen-bond acceptors (Lipinski definition) is 4. The van der Waals surface area contributed by atoms with Gasteiger partial charge in [0.15, 0.2) is 11.5 Å². The van der Waals surface area contributed by atoms with Crippen LogP contribution >= 0.6 is 0 Å². The number of aromatic nitrogens is 2. The topological polar surface area (TPSA) is 76.2 Å². The molecule has 4 rings (SSSR count). The number of nitrogens with zero attached hydrogens (tertiary/aromatic N) is 1. The molecule has 0 bridgehead atoms. The van der Waals surface area contributed by atoms with Crippen LogP contribution in [-0.2, 0) is 6.18 Å². The van der Waals surface area contributed by atoms with E-state index in [2.05, 4.69) is 15.3 Å². The number of ether oxygens (including phenoxy) is 2. The fourth-order valence-corrected chi connectivity index (χ4v) is 2.46. The number of imidazole rings is 1. The summed E-state index contributed by atoms with van der Waals surface area (Å²) in [6.07, 6.45) is -4.56. The second kappa shape index (κ2) is 5.40. The Balaban J connectivity index is 1.58. The molecule has 0 saturated heterocycles. The van der Waals surface area contributed by atoms with Gasteiger partial charge < -0.3 is 19.8 Å². The highest BCUT2D eigenvalue weighted by Crippen LogP contribution is 2.33. The van der Waals surface area contributed by atoms with Gasteiger partial charge in [-0.25, -0.2) is 4.98 Å². The van der Waals surface area contributed by atoms with Crippen molar-refractivity contribution in [2.75, 3.05) is 12.1 Å². The number of amides is 1. The smallest absolute Gasteiger partial charge is 0.449 e. The predicted molar refractivity (Wildman–Crippen MR) is 81.6 cm³/mol. The lowest BCUT2D eigenvalue weighted by molar-refractivity contribution is -0.144. The summed E-state index contributed by atoms with van der Waals surface area (Å²) in [6, 6.07) is 8.99. The van der Waals surface area contributed by atoms with Crippen LogP contribution < -0.4 is 14.8 Å². The molecule has 6 nitrogen and oxygen atoms in total. The van der Waals surface area contributed by atoms with Gasteiger partial charge in [-0.2, -0.15) is 13.2 Å². The molecule has 1 aromatic heterocycles. The predicted octanol–water partition coefficient (Wildman–Crippen LogP) is 3.56. The van der Waals surface area contributed by atoms with Gasteiger partial charge in [0.1, 0.15) is 0 Å². The van der Waals surface area contributed by atoms with Crippen molar-refractivity contribution in [2.24, 2.45) is 0 Å². The van der Waals surface area contributed by atoms with Crippen LogP contribution in [0.15, 0.2) is 36.4 Å². The maximum absolute atomic E-state index is 12.7. The zero-order valence-corrected chi connectivity index (χ0v) is 12.5. The highest BCUT2D eigenvalue weighted by molar-refractivity contribution is 6.05. The van der Waals surface area contributed by atoms with Crippen LogP contribution in [0.2, 0.25) is 0 Å². The molecule has 1 amide bonds. The van der Waals surface area contributed by atoms with E-state index in [1.54, 1.807) is 12.1 Å². The van der Waals surface area contributed by atoms with Gasteiger partial charge in [0.05, 0.1) is 11.0 Å². The van der Waals surface area contributed by atoms with Crippen molar-refractivity contribution in [1.29, 1.82) is 0 Å². The molecule has 128 valence electrons. The van der Waals surface area contributed by atoms with E-state index < -0.39 is 17.9 Å². The van der Waals surface area contributed by atoms with E-state index in [0.29, 0.717) is 22.7 Å². The molecule has 3 aromatic rings. The van der Waals surface area contributed by atoms with E-state index in [1.807, 2.05) is 0 Å². The number of carbonyl (C=O) groups excluding carboxylic acids is 1.